The van der Waals surface area contributed by atoms with Crippen LogP contribution in [0.3, 0.4) is 0 Å². The second kappa shape index (κ2) is 8.37. The van der Waals surface area contributed by atoms with Gasteiger partial charge in [-0.05, 0) is 53.0 Å². The molecule has 0 bridgehead atoms. The molecule has 1 aromatic carbocycles. The van der Waals surface area contributed by atoms with Crippen LogP contribution in [0.4, 0.5) is 5.82 Å². The van der Waals surface area contributed by atoms with Crippen molar-refractivity contribution in [2.24, 2.45) is 0 Å². The lowest BCUT2D eigenvalue weighted by molar-refractivity contribution is 0.102. The molecule has 1 amide bonds. The summed E-state index contributed by atoms with van der Waals surface area (Å²) in [6.45, 7) is 1.03. The Morgan fingerprint density at radius 2 is 1.96 bits per heavy atom. The minimum Gasteiger partial charge on any atom is -0.493 e. The fourth-order valence-corrected chi connectivity index (χ4v) is 4.78. The highest BCUT2D eigenvalue weighted by atomic mass is 79.9. The van der Waals surface area contributed by atoms with Crippen molar-refractivity contribution in [3.8, 4) is 5.75 Å². The smallest absolute Gasteiger partial charge is 0.256 e. The van der Waals surface area contributed by atoms with Crippen LogP contribution < -0.4 is 10.1 Å². The number of halogens is 1. The van der Waals surface area contributed by atoms with Crippen LogP contribution in [0.25, 0.3) is 0 Å². The van der Waals surface area contributed by atoms with Crippen molar-refractivity contribution < 1.29 is 17.9 Å². The van der Waals surface area contributed by atoms with Gasteiger partial charge in [0.05, 0.1) is 12.0 Å². The number of piperidine rings is 1. The lowest BCUT2D eigenvalue weighted by Crippen LogP contribution is -2.35. The third-order valence-corrected chi connectivity index (χ3v) is 6.65. The summed E-state index contributed by atoms with van der Waals surface area (Å²) in [5.74, 6) is 0.198. The molecule has 9 heteroatoms. The average Bonchev–Trinajstić information content (AvgIpc) is 2.70. The zero-order valence-corrected chi connectivity index (χ0v) is 17.2. The van der Waals surface area contributed by atoms with Crippen LogP contribution >= 0.6 is 15.9 Å². The average molecular weight is 454 g/mol. The Morgan fingerprint density at radius 3 is 2.67 bits per heavy atom. The normalized spacial score (nSPS) is 15.3. The van der Waals surface area contributed by atoms with E-state index in [1.807, 2.05) is 0 Å². The lowest BCUT2D eigenvalue weighted by atomic mass is 10.2. The highest BCUT2D eigenvalue weighted by molar-refractivity contribution is 9.10. The standard InChI is InChI=1S/C18H20BrN3O4S/c1-26-16-11-14(19)12-20-17(16)21-18(23)13-6-5-7-15(10-13)27(24,25)22-8-3-2-4-9-22/h5-7,10-12H,2-4,8-9H2,1H3,(H,20,21,23). The molecule has 2 aromatic rings. The Labute approximate surface area is 166 Å². The van der Waals surface area contributed by atoms with E-state index in [-0.39, 0.29) is 16.3 Å². The maximum Gasteiger partial charge on any atom is 0.256 e. The van der Waals surface area contributed by atoms with Gasteiger partial charge in [0.2, 0.25) is 10.0 Å². The molecule has 7 nitrogen and oxygen atoms in total. The van der Waals surface area contributed by atoms with Crippen LogP contribution in [0.15, 0.2) is 45.9 Å². The number of rotatable bonds is 5. The third kappa shape index (κ3) is 4.48. The molecule has 1 saturated heterocycles. The molecule has 1 N–H and O–H groups in total. The Morgan fingerprint density at radius 1 is 1.22 bits per heavy atom. The monoisotopic (exact) mass is 453 g/mol. The van der Waals surface area contributed by atoms with E-state index in [0.29, 0.717) is 23.3 Å². The molecular weight excluding hydrogens is 434 g/mol. The minimum atomic E-state index is -3.60. The van der Waals surface area contributed by atoms with Crippen LogP contribution in [0.5, 0.6) is 5.75 Å². The number of amides is 1. The van der Waals surface area contributed by atoms with E-state index in [2.05, 4.69) is 26.2 Å². The van der Waals surface area contributed by atoms with E-state index in [4.69, 9.17) is 4.74 Å². The summed E-state index contributed by atoms with van der Waals surface area (Å²) in [6, 6.07) is 7.72. The van der Waals surface area contributed by atoms with Gasteiger partial charge >= 0.3 is 0 Å². The predicted octanol–water partition coefficient (Wildman–Crippen LogP) is 3.28. The molecule has 0 atom stereocenters. The molecule has 3 rings (SSSR count). The van der Waals surface area contributed by atoms with Gasteiger partial charge in [0, 0.05) is 29.3 Å². The molecule has 144 valence electrons. The molecule has 0 radical (unpaired) electrons. The second-order valence-electron chi connectivity index (χ2n) is 6.15. The first-order valence-electron chi connectivity index (χ1n) is 8.53. The van der Waals surface area contributed by atoms with Crippen molar-refractivity contribution in [1.82, 2.24) is 9.29 Å². The first kappa shape index (κ1) is 19.8. The van der Waals surface area contributed by atoms with Gasteiger partial charge in [0.25, 0.3) is 5.91 Å². The van der Waals surface area contributed by atoms with Gasteiger partial charge in [0.1, 0.15) is 0 Å². The van der Waals surface area contributed by atoms with E-state index in [0.717, 1.165) is 19.3 Å². The van der Waals surface area contributed by atoms with Crippen LogP contribution in [0.1, 0.15) is 29.6 Å². The number of nitrogens with zero attached hydrogens (tertiary/aromatic N) is 2. The lowest BCUT2D eigenvalue weighted by Gasteiger charge is -2.26. The molecule has 0 spiro atoms. The second-order valence-corrected chi connectivity index (χ2v) is 9.00. The molecule has 1 aliphatic heterocycles. The number of carbonyl (C=O) groups is 1. The number of methoxy groups -OCH3 is 1. The van der Waals surface area contributed by atoms with E-state index >= 15 is 0 Å². The third-order valence-electron chi connectivity index (χ3n) is 4.32. The summed E-state index contributed by atoms with van der Waals surface area (Å²) < 4.78 is 33.0. The zero-order valence-electron chi connectivity index (χ0n) is 14.8. The summed E-state index contributed by atoms with van der Waals surface area (Å²) in [7, 11) is -2.13. The van der Waals surface area contributed by atoms with E-state index in [9.17, 15) is 13.2 Å². The predicted molar refractivity (Wildman–Crippen MR) is 105 cm³/mol. The molecule has 0 aliphatic carbocycles. The van der Waals surface area contributed by atoms with Gasteiger partial charge in [-0.2, -0.15) is 4.31 Å². The van der Waals surface area contributed by atoms with Crippen LogP contribution in [-0.4, -0.2) is 43.8 Å². The van der Waals surface area contributed by atoms with Crippen molar-refractivity contribution in [3.05, 3.63) is 46.6 Å². The first-order valence-corrected chi connectivity index (χ1v) is 10.8. The number of ether oxygens (including phenoxy) is 1. The number of aromatic nitrogens is 1. The number of hydrogen-bond acceptors (Lipinski definition) is 5. The summed E-state index contributed by atoms with van der Waals surface area (Å²) in [4.78, 5) is 16.8. The van der Waals surface area contributed by atoms with Crippen LogP contribution in [0, 0.1) is 0 Å². The highest BCUT2D eigenvalue weighted by Crippen LogP contribution is 2.26. The molecule has 1 fully saturated rings. The molecule has 27 heavy (non-hydrogen) atoms. The van der Waals surface area contributed by atoms with Gasteiger partial charge in [-0.25, -0.2) is 13.4 Å². The van der Waals surface area contributed by atoms with E-state index < -0.39 is 15.9 Å². The number of anilines is 1. The van der Waals surface area contributed by atoms with Gasteiger partial charge in [-0.1, -0.05) is 12.5 Å². The SMILES string of the molecule is COc1cc(Br)cnc1NC(=O)c1cccc(S(=O)(=O)N2CCCCC2)c1. The molecule has 2 heterocycles. The number of sulfonamides is 1. The van der Waals surface area contributed by atoms with Crippen LogP contribution in [0.2, 0.25) is 0 Å². The first-order chi connectivity index (χ1) is 12.9. The van der Waals surface area contributed by atoms with E-state index in [1.54, 1.807) is 18.2 Å². The van der Waals surface area contributed by atoms with Crippen molar-refractivity contribution in [1.29, 1.82) is 0 Å². The summed E-state index contributed by atoms with van der Waals surface area (Å²) in [6.07, 6.45) is 4.29. The summed E-state index contributed by atoms with van der Waals surface area (Å²) >= 11 is 3.29. The van der Waals surface area contributed by atoms with Gasteiger partial charge in [-0.3, -0.25) is 4.79 Å². The quantitative estimate of drug-likeness (QED) is 0.749. The van der Waals surface area contributed by atoms with Crippen molar-refractivity contribution in [2.45, 2.75) is 24.2 Å². The maximum absolute atomic E-state index is 12.8. The molecule has 0 saturated carbocycles. The fraction of sp³-hybridized carbons (Fsp3) is 0.333. The Kier molecular flexibility index (Phi) is 6.13. The Balaban J connectivity index is 1.84. The number of hydrogen-bond donors (Lipinski definition) is 1. The number of carbonyl (C=O) groups excluding carboxylic acids is 1. The van der Waals surface area contributed by atoms with Crippen molar-refractivity contribution in [3.63, 3.8) is 0 Å². The summed E-state index contributed by atoms with van der Waals surface area (Å²) in [5.41, 5.74) is 0.236. The number of pyridine rings is 1. The maximum atomic E-state index is 12.8. The van der Waals surface area contributed by atoms with Gasteiger partial charge < -0.3 is 10.1 Å². The summed E-state index contributed by atoms with van der Waals surface area (Å²) in [5, 5.41) is 2.66. The largest absolute Gasteiger partial charge is 0.493 e. The van der Waals surface area contributed by atoms with E-state index in [1.165, 1.54) is 29.7 Å². The number of benzene rings is 1. The topological polar surface area (TPSA) is 88.6 Å². The van der Waals surface area contributed by atoms with Gasteiger partial charge in [0.15, 0.2) is 11.6 Å². The van der Waals surface area contributed by atoms with Crippen molar-refractivity contribution in [2.75, 3.05) is 25.5 Å². The fourth-order valence-electron chi connectivity index (χ4n) is 2.90. The molecule has 1 aromatic heterocycles. The minimum absolute atomic E-state index is 0.118. The van der Waals surface area contributed by atoms with Crippen LogP contribution in [-0.2, 0) is 10.0 Å². The molecular formula is C18H20BrN3O4S. The van der Waals surface area contributed by atoms with Crippen molar-refractivity contribution >= 4 is 37.7 Å². The molecule has 0 unspecified atom stereocenters. The van der Waals surface area contributed by atoms with Gasteiger partial charge in [-0.15, -0.1) is 0 Å². The number of nitrogens with one attached hydrogen (secondary N) is 1. The Hall–Kier alpha value is -1.97. The highest BCUT2D eigenvalue weighted by Gasteiger charge is 2.26. The Bertz CT molecular complexity index is 943. The molecule has 1 aliphatic rings. The zero-order chi connectivity index (χ0) is 19.4.